The molecule has 0 fully saturated rings. The molecule has 0 amide bonds. The van der Waals surface area contributed by atoms with Crippen molar-refractivity contribution in [1.82, 2.24) is 9.88 Å². The standard InChI is InChI=1S/C14H18N2O2/c1-3-9-4-5-10-11-8-15-6-7-16(11)14(17)12(10)13(9)18-2/h4-5,15,17H,3,6-8H2,1-2H3. The number of rotatable bonds is 2. The second kappa shape index (κ2) is 4.21. The molecular formula is C14H18N2O2. The van der Waals surface area contributed by atoms with Gasteiger partial charge in [-0.15, -0.1) is 0 Å². The summed E-state index contributed by atoms with van der Waals surface area (Å²) in [5.41, 5.74) is 2.28. The number of nitrogens with one attached hydrogen (secondary N) is 1. The van der Waals surface area contributed by atoms with E-state index in [4.69, 9.17) is 4.74 Å². The zero-order valence-corrected chi connectivity index (χ0v) is 10.8. The summed E-state index contributed by atoms with van der Waals surface area (Å²) < 4.78 is 7.50. The second-order valence-electron chi connectivity index (χ2n) is 4.63. The summed E-state index contributed by atoms with van der Waals surface area (Å²) in [6, 6.07) is 4.19. The fraction of sp³-hybridized carbons (Fsp3) is 0.429. The third-order valence-electron chi connectivity index (χ3n) is 3.74. The lowest BCUT2D eigenvalue weighted by Crippen LogP contribution is -2.27. The Kier molecular flexibility index (Phi) is 2.67. The van der Waals surface area contributed by atoms with Crippen LogP contribution < -0.4 is 10.1 Å². The Bertz CT molecular complexity index is 602. The zero-order valence-electron chi connectivity index (χ0n) is 10.8. The van der Waals surface area contributed by atoms with Crippen molar-refractivity contribution < 1.29 is 9.84 Å². The van der Waals surface area contributed by atoms with Crippen LogP contribution in [0, 0.1) is 0 Å². The van der Waals surface area contributed by atoms with Gasteiger partial charge in [0.05, 0.1) is 12.5 Å². The van der Waals surface area contributed by atoms with E-state index in [1.54, 1.807) is 7.11 Å². The minimum absolute atomic E-state index is 0.341. The average Bonchev–Trinajstić information content (AvgIpc) is 2.72. The highest BCUT2D eigenvalue weighted by Gasteiger charge is 2.22. The van der Waals surface area contributed by atoms with Crippen LogP contribution in [0.4, 0.5) is 0 Å². The van der Waals surface area contributed by atoms with Gasteiger partial charge in [0.2, 0.25) is 5.88 Å². The van der Waals surface area contributed by atoms with Gasteiger partial charge >= 0.3 is 0 Å². The highest BCUT2D eigenvalue weighted by atomic mass is 16.5. The van der Waals surface area contributed by atoms with Crippen LogP contribution in [0.3, 0.4) is 0 Å². The number of nitrogens with zero attached hydrogens (tertiary/aromatic N) is 1. The number of aromatic hydroxyl groups is 1. The predicted molar refractivity (Wildman–Crippen MR) is 71.2 cm³/mol. The average molecular weight is 246 g/mol. The van der Waals surface area contributed by atoms with Crippen molar-refractivity contribution in [3.63, 3.8) is 0 Å². The summed E-state index contributed by atoms with van der Waals surface area (Å²) in [6.45, 7) is 4.59. The number of aromatic nitrogens is 1. The van der Waals surface area contributed by atoms with Gasteiger partial charge < -0.3 is 19.7 Å². The van der Waals surface area contributed by atoms with Gasteiger partial charge in [-0.1, -0.05) is 19.1 Å². The maximum atomic E-state index is 10.4. The minimum Gasteiger partial charge on any atom is -0.496 e. The van der Waals surface area contributed by atoms with Crippen LogP contribution in [0.5, 0.6) is 11.6 Å². The van der Waals surface area contributed by atoms with E-state index in [0.717, 1.165) is 53.8 Å². The van der Waals surface area contributed by atoms with E-state index in [2.05, 4.69) is 24.4 Å². The van der Waals surface area contributed by atoms with Gasteiger partial charge in [-0.25, -0.2) is 0 Å². The quantitative estimate of drug-likeness (QED) is 0.852. The maximum Gasteiger partial charge on any atom is 0.203 e. The normalized spacial score (nSPS) is 14.8. The topological polar surface area (TPSA) is 46.4 Å². The van der Waals surface area contributed by atoms with Crippen LogP contribution in [0.2, 0.25) is 0 Å². The van der Waals surface area contributed by atoms with E-state index in [1.807, 2.05) is 4.57 Å². The Morgan fingerprint density at radius 2 is 2.28 bits per heavy atom. The van der Waals surface area contributed by atoms with Crippen molar-refractivity contribution in [3.05, 3.63) is 23.4 Å². The smallest absolute Gasteiger partial charge is 0.203 e. The number of methoxy groups -OCH3 is 1. The van der Waals surface area contributed by atoms with Gasteiger partial charge in [-0.2, -0.15) is 0 Å². The van der Waals surface area contributed by atoms with Crippen LogP contribution >= 0.6 is 0 Å². The summed E-state index contributed by atoms with van der Waals surface area (Å²) >= 11 is 0. The molecule has 4 heteroatoms. The van der Waals surface area contributed by atoms with Gasteiger partial charge in [0.15, 0.2) is 0 Å². The first-order valence-electron chi connectivity index (χ1n) is 6.38. The molecule has 2 N–H and O–H groups in total. The first-order valence-corrected chi connectivity index (χ1v) is 6.38. The van der Waals surface area contributed by atoms with Gasteiger partial charge in [-0.05, 0) is 12.0 Å². The molecule has 1 aliphatic rings. The van der Waals surface area contributed by atoms with Crippen molar-refractivity contribution >= 4 is 10.8 Å². The predicted octanol–water partition coefficient (Wildman–Crippen LogP) is 2.02. The number of hydrogen-bond acceptors (Lipinski definition) is 3. The van der Waals surface area contributed by atoms with Crippen molar-refractivity contribution in [2.75, 3.05) is 13.7 Å². The molecule has 1 aromatic carbocycles. The van der Waals surface area contributed by atoms with Crippen molar-refractivity contribution in [3.8, 4) is 11.6 Å². The fourth-order valence-electron chi connectivity index (χ4n) is 2.84. The van der Waals surface area contributed by atoms with Crippen LogP contribution in [0.1, 0.15) is 18.2 Å². The molecule has 18 heavy (non-hydrogen) atoms. The monoisotopic (exact) mass is 246 g/mol. The molecule has 0 atom stereocenters. The molecule has 2 aromatic rings. The molecule has 0 saturated carbocycles. The van der Waals surface area contributed by atoms with Crippen molar-refractivity contribution in [2.24, 2.45) is 0 Å². The van der Waals surface area contributed by atoms with E-state index < -0.39 is 0 Å². The third kappa shape index (κ3) is 1.42. The molecule has 0 unspecified atom stereocenters. The summed E-state index contributed by atoms with van der Waals surface area (Å²) in [4.78, 5) is 0. The van der Waals surface area contributed by atoms with E-state index >= 15 is 0 Å². The molecule has 0 saturated heterocycles. The largest absolute Gasteiger partial charge is 0.496 e. The summed E-state index contributed by atoms with van der Waals surface area (Å²) in [7, 11) is 1.67. The minimum atomic E-state index is 0.341. The second-order valence-corrected chi connectivity index (χ2v) is 4.63. The molecule has 4 nitrogen and oxygen atoms in total. The number of benzene rings is 1. The maximum absolute atomic E-state index is 10.4. The number of aryl methyl sites for hydroxylation is 1. The molecule has 0 radical (unpaired) electrons. The number of hydrogen-bond donors (Lipinski definition) is 2. The van der Waals surface area contributed by atoms with Gasteiger partial charge in [0.25, 0.3) is 0 Å². The van der Waals surface area contributed by atoms with E-state index in [1.165, 1.54) is 0 Å². The van der Waals surface area contributed by atoms with E-state index in [-0.39, 0.29) is 0 Å². The first kappa shape index (κ1) is 11.4. The molecule has 1 aliphatic heterocycles. The Hall–Kier alpha value is -1.68. The van der Waals surface area contributed by atoms with Crippen molar-refractivity contribution in [2.45, 2.75) is 26.4 Å². The Balaban J connectivity index is 2.37. The van der Waals surface area contributed by atoms with Crippen LogP contribution in [0.25, 0.3) is 10.8 Å². The third-order valence-corrected chi connectivity index (χ3v) is 3.74. The van der Waals surface area contributed by atoms with Gasteiger partial charge in [0.1, 0.15) is 5.75 Å². The first-order chi connectivity index (χ1) is 8.77. The van der Waals surface area contributed by atoms with Crippen LogP contribution in [0.15, 0.2) is 12.1 Å². The molecule has 0 bridgehead atoms. The summed E-state index contributed by atoms with van der Waals surface area (Å²) in [5, 5.41) is 15.7. The lowest BCUT2D eigenvalue weighted by Gasteiger charge is -2.16. The van der Waals surface area contributed by atoms with Gasteiger partial charge in [0, 0.05) is 30.7 Å². The van der Waals surface area contributed by atoms with Crippen LogP contribution in [-0.2, 0) is 19.5 Å². The Morgan fingerprint density at radius 3 is 3.00 bits per heavy atom. The summed E-state index contributed by atoms with van der Waals surface area (Å²) in [6.07, 6.45) is 0.900. The SMILES string of the molecule is CCc1ccc2c3n(c(O)c2c1OC)CCNC3. The molecule has 1 aromatic heterocycles. The van der Waals surface area contributed by atoms with E-state index in [9.17, 15) is 5.11 Å². The lowest BCUT2D eigenvalue weighted by molar-refractivity contribution is 0.389. The van der Waals surface area contributed by atoms with E-state index in [0.29, 0.717) is 5.88 Å². The Labute approximate surface area is 106 Å². The number of fused-ring (bicyclic) bond motifs is 3. The zero-order chi connectivity index (χ0) is 12.7. The Morgan fingerprint density at radius 1 is 1.44 bits per heavy atom. The molecule has 0 aliphatic carbocycles. The van der Waals surface area contributed by atoms with Crippen LogP contribution in [-0.4, -0.2) is 23.3 Å². The summed E-state index contributed by atoms with van der Waals surface area (Å²) in [5.74, 6) is 1.16. The van der Waals surface area contributed by atoms with Crippen molar-refractivity contribution in [1.29, 1.82) is 0 Å². The molecule has 96 valence electrons. The fourth-order valence-corrected chi connectivity index (χ4v) is 2.84. The highest BCUT2D eigenvalue weighted by Crippen LogP contribution is 2.40. The highest BCUT2D eigenvalue weighted by molar-refractivity contribution is 5.97. The molecule has 2 heterocycles. The molecular weight excluding hydrogens is 228 g/mol. The number of ether oxygens (including phenoxy) is 1. The molecule has 0 spiro atoms. The molecule has 3 rings (SSSR count). The lowest BCUT2D eigenvalue weighted by atomic mass is 10.1. The van der Waals surface area contributed by atoms with Gasteiger partial charge in [-0.3, -0.25) is 0 Å².